The van der Waals surface area contributed by atoms with Crippen molar-refractivity contribution in [3.8, 4) is 0 Å². The highest BCUT2D eigenvalue weighted by Gasteiger charge is 2.26. The van der Waals surface area contributed by atoms with Gasteiger partial charge in [-0.1, -0.05) is 6.42 Å². The summed E-state index contributed by atoms with van der Waals surface area (Å²) in [4.78, 5) is 4.21. The molecule has 1 heterocycles. The number of nitrogens with zero attached hydrogens (tertiary/aromatic N) is 1. The molecule has 3 heteroatoms. The van der Waals surface area contributed by atoms with Gasteiger partial charge >= 0.3 is 0 Å². The summed E-state index contributed by atoms with van der Waals surface area (Å²) in [6, 6.07) is 0.204. The molecule has 1 aromatic rings. The molecule has 1 unspecified atom stereocenters. The first-order valence-electron chi connectivity index (χ1n) is 4.01. The Labute approximate surface area is 70.5 Å². The van der Waals surface area contributed by atoms with Crippen molar-refractivity contribution >= 4 is 11.3 Å². The van der Waals surface area contributed by atoms with Crippen LogP contribution in [0.4, 0.5) is 0 Å². The first-order chi connectivity index (χ1) is 5.38. The van der Waals surface area contributed by atoms with Gasteiger partial charge in [0.15, 0.2) is 0 Å². The van der Waals surface area contributed by atoms with Crippen LogP contribution in [0.25, 0.3) is 0 Å². The van der Waals surface area contributed by atoms with Crippen molar-refractivity contribution < 1.29 is 0 Å². The lowest BCUT2D eigenvalue weighted by Gasteiger charge is -2.30. The molecule has 0 spiro atoms. The summed E-state index contributed by atoms with van der Waals surface area (Å²) >= 11 is 1.63. The smallest absolute Gasteiger partial charge is 0.0795 e. The SMILES string of the molecule is NC(c1cscn1)C1CCC1. The third-order valence-corrected chi connectivity index (χ3v) is 3.06. The maximum absolute atomic E-state index is 5.99. The maximum atomic E-state index is 5.99. The van der Waals surface area contributed by atoms with Gasteiger partial charge in [-0.2, -0.15) is 0 Å². The summed E-state index contributed by atoms with van der Waals surface area (Å²) in [5, 5.41) is 2.06. The van der Waals surface area contributed by atoms with Crippen molar-refractivity contribution in [3.05, 3.63) is 16.6 Å². The van der Waals surface area contributed by atoms with E-state index in [9.17, 15) is 0 Å². The molecule has 1 aromatic heterocycles. The molecule has 0 bridgehead atoms. The fourth-order valence-corrected chi connectivity index (χ4v) is 2.03. The maximum Gasteiger partial charge on any atom is 0.0795 e. The van der Waals surface area contributed by atoms with Crippen LogP contribution in [0.15, 0.2) is 10.9 Å². The second-order valence-corrected chi connectivity index (χ2v) is 3.85. The third-order valence-electron chi connectivity index (χ3n) is 2.45. The number of thiazole rings is 1. The molecule has 1 aliphatic rings. The highest BCUT2D eigenvalue weighted by atomic mass is 32.1. The van der Waals surface area contributed by atoms with Crippen LogP contribution in [0.3, 0.4) is 0 Å². The van der Waals surface area contributed by atoms with E-state index in [0.717, 1.165) is 5.69 Å². The molecule has 1 saturated carbocycles. The molecule has 1 atom stereocenters. The van der Waals surface area contributed by atoms with Crippen LogP contribution in [-0.4, -0.2) is 4.98 Å². The molecule has 0 amide bonds. The van der Waals surface area contributed by atoms with E-state index in [1.807, 2.05) is 5.51 Å². The van der Waals surface area contributed by atoms with E-state index in [1.54, 1.807) is 11.3 Å². The van der Waals surface area contributed by atoms with E-state index in [-0.39, 0.29) is 6.04 Å². The minimum Gasteiger partial charge on any atom is -0.322 e. The molecular weight excluding hydrogens is 156 g/mol. The van der Waals surface area contributed by atoms with Gasteiger partial charge in [-0.3, -0.25) is 0 Å². The van der Waals surface area contributed by atoms with Crippen molar-refractivity contribution in [3.63, 3.8) is 0 Å². The second-order valence-electron chi connectivity index (χ2n) is 3.13. The van der Waals surface area contributed by atoms with Gasteiger partial charge in [-0.25, -0.2) is 4.98 Å². The van der Waals surface area contributed by atoms with Crippen molar-refractivity contribution in [2.45, 2.75) is 25.3 Å². The Kier molecular flexibility index (Phi) is 1.92. The Hall–Kier alpha value is -0.410. The fourth-order valence-electron chi connectivity index (χ4n) is 1.43. The van der Waals surface area contributed by atoms with Crippen LogP contribution in [0.5, 0.6) is 0 Å². The molecule has 1 aliphatic carbocycles. The Morgan fingerprint density at radius 2 is 2.45 bits per heavy atom. The summed E-state index contributed by atoms with van der Waals surface area (Å²) in [6.07, 6.45) is 3.93. The van der Waals surface area contributed by atoms with Crippen molar-refractivity contribution in [1.29, 1.82) is 0 Å². The van der Waals surface area contributed by atoms with Crippen LogP contribution < -0.4 is 5.73 Å². The molecule has 2 N–H and O–H groups in total. The lowest BCUT2D eigenvalue weighted by molar-refractivity contribution is 0.261. The number of hydrogen-bond donors (Lipinski definition) is 1. The van der Waals surface area contributed by atoms with E-state index in [0.29, 0.717) is 5.92 Å². The molecule has 2 nitrogen and oxygen atoms in total. The van der Waals surface area contributed by atoms with Crippen LogP contribution >= 0.6 is 11.3 Å². The van der Waals surface area contributed by atoms with Crippen LogP contribution in [0.1, 0.15) is 31.0 Å². The molecular formula is C8H12N2S. The molecule has 1 fully saturated rings. The van der Waals surface area contributed by atoms with E-state index >= 15 is 0 Å². The second kappa shape index (κ2) is 2.91. The van der Waals surface area contributed by atoms with Gasteiger partial charge in [0.2, 0.25) is 0 Å². The monoisotopic (exact) mass is 168 g/mol. The van der Waals surface area contributed by atoms with E-state index in [2.05, 4.69) is 10.4 Å². The van der Waals surface area contributed by atoms with E-state index in [1.165, 1.54) is 19.3 Å². The zero-order valence-corrected chi connectivity index (χ0v) is 7.18. The predicted molar refractivity (Wildman–Crippen MR) is 46.4 cm³/mol. The zero-order valence-electron chi connectivity index (χ0n) is 6.36. The summed E-state index contributed by atoms with van der Waals surface area (Å²) in [5.74, 6) is 0.706. The number of hydrogen-bond acceptors (Lipinski definition) is 3. The fraction of sp³-hybridized carbons (Fsp3) is 0.625. The molecule has 0 aliphatic heterocycles. The molecule has 11 heavy (non-hydrogen) atoms. The average Bonchev–Trinajstić information content (AvgIpc) is 2.32. The lowest BCUT2D eigenvalue weighted by Crippen LogP contribution is -2.26. The quantitative estimate of drug-likeness (QED) is 0.733. The van der Waals surface area contributed by atoms with Gasteiger partial charge in [0.1, 0.15) is 0 Å². The number of nitrogens with two attached hydrogens (primary N) is 1. The van der Waals surface area contributed by atoms with Crippen LogP contribution in [-0.2, 0) is 0 Å². The minimum absolute atomic E-state index is 0.204. The third kappa shape index (κ3) is 1.30. The molecule has 60 valence electrons. The predicted octanol–water partition coefficient (Wildman–Crippen LogP) is 1.94. The summed E-state index contributed by atoms with van der Waals surface area (Å²) in [6.45, 7) is 0. The summed E-state index contributed by atoms with van der Waals surface area (Å²) in [7, 11) is 0. The van der Waals surface area contributed by atoms with Gasteiger partial charge < -0.3 is 5.73 Å². The minimum atomic E-state index is 0.204. The highest BCUT2D eigenvalue weighted by Crippen LogP contribution is 2.35. The van der Waals surface area contributed by atoms with Crippen LogP contribution in [0.2, 0.25) is 0 Å². The largest absolute Gasteiger partial charge is 0.322 e. The van der Waals surface area contributed by atoms with Crippen LogP contribution in [0, 0.1) is 5.92 Å². The van der Waals surface area contributed by atoms with Crippen molar-refractivity contribution in [2.24, 2.45) is 11.7 Å². The standard InChI is InChI=1S/C8H12N2S/c9-8(6-2-1-3-6)7-4-11-5-10-7/h4-6,8H,1-3,9H2. The van der Waals surface area contributed by atoms with Crippen molar-refractivity contribution in [1.82, 2.24) is 4.98 Å². The summed E-state index contributed by atoms with van der Waals surface area (Å²) in [5.41, 5.74) is 8.93. The van der Waals surface area contributed by atoms with Crippen molar-refractivity contribution in [2.75, 3.05) is 0 Å². The topological polar surface area (TPSA) is 38.9 Å². The Morgan fingerprint density at radius 1 is 1.64 bits per heavy atom. The summed E-state index contributed by atoms with van der Waals surface area (Å²) < 4.78 is 0. The van der Waals surface area contributed by atoms with Gasteiger partial charge in [0.05, 0.1) is 17.2 Å². The van der Waals surface area contributed by atoms with Gasteiger partial charge in [0.25, 0.3) is 0 Å². The molecule has 0 saturated heterocycles. The average molecular weight is 168 g/mol. The first kappa shape index (κ1) is 7.25. The zero-order chi connectivity index (χ0) is 7.68. The Balaban J connectivity index is 2.04. The number of rotatable bonds is 2. The molecule has 2 rings (SSSR count). The lowest BCUT2D eigenvalue weighted by atomic mass is 9.79. The van der Waals surface area contributed by atoms with Gasteiger partial charge in [-0.15, -0.1) is 11.3 Å². The van der Waals surface area contributed by atoms with E-state index < -0.39 is 0 Å². The Morgan fingerprint density at radius 3 is 2.91 bits per heavy atom. The first-order valence-corrected chi connectivity index (χ1v) is 4.96. The number of aromatic nitrogens is 1. The van der Waals surface area contributed by atoms with E-state index in [4.69, 9.17) is 5.73 Å². The normalized spacial score (nSPS) is 21.2. The van der Waals surface area contributed by atoms with Gasteiger partial charge in [0, 0.05) is 5.38 Å². The molecule has 0 aromatic carbocycles. The highest BCUT2D eigenvalue weighted by molar-refractivity contribution is 7.07. The Bertz CT molecular complexity index is 216. The molecule has 0 radical (unpaired) electrons. The van der Waals surface area contributed by atoms with Gasteiger partial charge in [-0.05, 0) is 18.8 Å².